The number of nitrogens with zero attached hydrogens (tertiary/aromatic N) is 1. The van der Waals surface area contributed by atoms with E-state index in [9.17, 15) is 4.79 Å². The number of hydrogen-bond donors (Lipinski definition) is 0. The Bertz CT molecular complexity index is 362. The molecule has 15 heavy (non-hydrogen) atoms. The average molecular weight is 246 g/mol. The second-order valence-corrected chi connectivity index (χ2v) is 3.95. The molecule has 2 nitrogen and oxygen atoms in total. The van der Waals surface area contributed by atoms with Crippen LogP contribution in [0.1, 0.15) is 24.2 Å². The molecule has 0 saturated carbocycles. The van der Waals surface area contributed by atoms with Crippen LogP contribution < -0.4 is 0 Å². The van der Waals surface area contributed by atoms with E-state index in [1.807, 2.05) is 13.8 Å². The number of carbonyl (C=O) groups is 1. The van der Waals surface area contributed by atoms with Crippen LogP contribution in [0, 0.1) is 0 Å². The minimum atomic E-state index is -0.0764. The smallest absolute Gasteiger partial charge is 0.255 e. The van der Waals surface area contributed by atoms with Gasteiger partial charge in [-0.3, -0.25) is 4.79 Å². The van der Waals surface area contributed by atoms with Gasteiger partial charge in [-0.25, -0.2) is 0 Å². The Morgan fingerprint density at radius 2 is 1.87 bits per heavy atom. The van der Waals surface area contributed by atoms with E-state index < -0.39 is 0 Å². The van der Waals surface area contributed by atoms with E-state index in [0.717, 1.165) is 0 Å². The van der Waals surface area contributed by atoms with Crippen LogP contribution in [0.25, 0.3) is 0 Å². The first-order valence-electron chi connectivity index (χ1n) is 4.84. The number of benzene rings is 1. The first-order chi connectivity index (χ1) is 7.10. The molecule has 0 aromatic heterocycles. The lowest BCUT2D eigenvalue weighted by Gasteiger charge is -2.19. The van der Waals surface area contributed by atoms with Gasteiger partial charge in [0.15, 0.2) is 0 Å². The quantitative estimate of drug-likeness (QED) is 0.799. The number of hydrogen-bond acceptors (Lipinski definition) is 1. The first kappa shape index (κ1) is 12.3. The van der Waals surface area contributed by atoms with Gasteiger partial charge < -0.3 is 4.90 Å². The molecule has 1 amide bonds. The Morgan fingerprint density at radius 1 is 1.27 bits per heavy atom. The maximum atomic E-state index is 12.0. The summed E-state index contributed by atoms with van der Waals surface area (Å²) in [5, 5.41) is 0.964. The lowest BCUT2D eigenvalue weighted by Crippen LogP contribution is -2.30. The van der Waals surface area contributed by atoms with Crippen molar-refractivity contribution in [1.82, 2.24) is 4.90 Å². The van der Waals surface area contributed by atoms with Gasteiger partial charge in [0.2, 0.25) is 0 Å². The molecule has 4 heteroatoms. The van der Waals surface area contributed by atoms with Crippen molar-refractivity contribution in [2.45, 2.75) is 13.8 Å². The molecule has 0 aliphatic heterocycles. The van der Waals surface area contributed by atoms with Gasteiger partial charge in [0.05, 0.1) is 10.6 Å². The molecule has 1 rings (SSSR count). The van der Waals surface area contributed by atoms with Crippen LogP contribution in [0.4, 0.5) is 0 Å². The topological polar surface area (TPSA) is 20.3 Å². The fraction of sp³-hybridized carbons (Fsp3) is 0.364. The molecule has 0 heterocycles. The molecule has 0 spiro atoms. The Hall–Kier alpha value is -0.730. The maximum Gasteiger partial charge on any atom is 0.255 e. The minimum absolute atomic E-state index is 0.0764. The summed E-state index contributed by atoms with van der Waals surface area (Å²) in [7, 11) is 0. The summed E-state index contributed by atoms with van der Waals surface area (Å²) in [5.74, 6) is -0.0764. The third kappa shape index (κ3) is 2.86. The van der Waals surface area contributed by atoms with Gasteiger partial charge in [-0.05, 0) is 32.0 Å². The van der Waals surface area contributed by atoms with Gasteiger partial charge in [0.1, 0.15) is 0 Å². The van der Waals surface area contributed by atoms with Crippen molar-refractivity contribution >= 4 is 29.1 Å². The summed E-state index contributed by atoms with van der Waals surface area (Å²) in [6.45, 7) is 5.19. The lowest BCUT2D eigenvalue weighted by atomic mass is 10.2. The van der Waals surface area contributed by atoms with Gasteiger partial charge in [-0.15, -0.1) is 0 Å². The number of carbonyl (C=O) groups excluding carboxylic acids is 1. The number of halogens is 2. The third-order valence-electron chi connectivity index (χ3n) is 2.21. The zero-order valence-corrected chi connectivity index (χ0v) is 10.3. The maximum absolute atomic E-state index is 12.0. The highest BCUT2D eigenvalue weighted by Gasteiger charge is 2.15. The molecule has 0 N–H and O–H groups in total. The van der Waals surface area contributed by atoms with E-state index in [2.05, 4.69) is 0 Å². The fourth-order valence-corrected chi connectivity index (χ4v) is 1.71. The average Bonchev–Trinajstić information content (AvgIpc) is 2.23. The second kappa shape index (κ2) is 5.38. The molecule has 0 aliphatic rings. The molecule has 0 fully saturated rings. The van der Waals surface area contributed by atoms with Crippen molar-refractivity contribution in [2.24, 2.45) is 0 Å². The van der Waals surface area contributed by atoms with Crippen LogP contribution >= 0.6 is 23.2 Å². The van der Waals surface area contributed by atoms with Crippen LogP contribution in [-0.4, -0.2) is 23.9 Å². The van der Waals surface area contributed by atoms with Crippen LogP contribution in [0.3, 0.4) is 0 Å². The normalized spacial score (nSPS) is 10.1. The molecule has 1 aromatic carbocycles. The Labute approximate surface area is 99.8 Å². The summed E-state index contributed by atoms with van der Waals surface area (Å²) in [5.41, 5.74) is 0.466. The second-order valence-electron chi connectivity index (χ2n) is 3.10. The van der Waals surface area contributed by atoms with Gasteiger partial charge in [-0.1, -0.05) is 23.2 Å². The van der Waals surface area contributed by atoms with Crippen LogP contribution in [0.5, 0.6) is 0 Å². The van der Waals surface area contributed by atoms with Crippen LogP contribution in [0.2, 0.25) is 10.0 Å². The monoisotopic (exact) mass is 245 g/mol. The molecule has 0 aliphatic carbocycles. The van der Waals surface area contributed by atoms with Crippen molar-refractivity contribution in [2.75, 3.05) is 13.1 Å². The van der Waals surface area contributed by atoms with Gasteiger partial charge in [-0.2, -0.15) is 0 Å². The van der Waals surface area contributed by atoms with E-state index in [1.54, 1.807) is 23.1 Å². The Morgan fingerprint density at radius 3 is 2.40 bits per heavy atom. The van der Waals surface area contributed by atoms with Crippen molar-refractivity contribution in [3.05, 3.63) is 33.8 Å². The Balaban J connectivity index is 3.04. The van der Waals surface area contributed by atoms with E-state index in [-0.39, 0.29) is 5.91 Å². The van der Waals surface area contributed by atoms with Crippen LogP contribution in [-0.2, 0) is 0 Å². The summed E-state index contributed by atoms with van der Waals surface area (Å²) in [6, 6.07) is 4.91. The van der Waals surface area contributed by atoms with Crippen LogP contribution in [0.15, 0.2) is 18.2 Å². The predicted molar refractivity (Wildman–Crippen MR) is 63.7 cm³/mol. The summed E-state index contributed by atoms with van der Waals surface area (Å²) >= 11 is 11.8. The molecular formula is C11H13Cl2NO. The predicted octanol–water partition coefficient (Wildman–Crippen LogP) is 3.48. The highest BCUT2D eigenvalue weighted by Crippen LogP contribution is 2.21. The number of amides is 1. The van der Waals surface area contributed by atoms with E-state index in [4.69, 9.17) is 23.2 Å². The molecule has 0 bridgehead atoms. The van der Waals surface area contributed by atoms with Crippen molar-refractivity contribution in [3.8, 4) is 0 Å². The highest BCUT2D eigenvalue weighted by molar-refractivity contribution is 6.35. The molecule has 0 radical (unpaired) electrons. The van der Waals surface area contributed by atoms with Gasteiger partial charge in [0, 0.05) is 18.1 Å². The highest BCUT2D eigenvalue weighted by atomic mass is 35.5. The standard InChI is InChI=1S/C11H13Cl2NO/c1-3-14(4-2)11(15)9-7-8(12)5-6-10(9)13/h5-7H,3-4H2,1-2H3. The van der Waals surface area contributed by atoms with E-state index >= 15 is 0 Å². The largest absolute Gasteiger partial charge is 0.339 e. The zero-order valence-electron chi connectivity index (χ0n) is 8.76. The van der Waals surface area contributed by atoms with E-state index in [1.165, 1.54) is 0 Å². The SMILES string of the molecule is CCN(CC)C(=O)c1cc(Cl)ccc1Cl. The molecular weight excluding hydrogens is 233 g/mol. The van der Waals surface area contributed by atoms with Gasteiger partial charge >= 0.3 is 0 Å². The molecule has 0 unspecified atom stereocenters. The molecule has 1 aromatic rings. The first-order valence-corrected chi connectivity index (χ1v) is 5.60. The fourth-order valence-electron chi connectivity index (χ4n) is 1.34. The summed E-state index contributed by atoms with van der Waals surface area (Å²) < 4.78 is 0. The van der Waals surface area contributed by atoms with Gasteiger partial charge in [0.25, 0.3) is 5.91 Å². The van der Waals surface area contributed by atoms with Crippen molar-refractivity contribution < 1.29 is 4.79 Å². The molecule has 82 valence electrons. The van der Waals surface area contributed by atoms with Crippen molar-refractivity contribution in [3.63, 3.8) is 0 Å². The van der Waals surface area contributed by atoms with Crippen molar-refractivity contribution in [1.29, 1.82) is 0 Å². The molecule has 0 saturated heterocycles. The minimum Gasteiger partial charge on any atom is -0.339 e. The summed E-state index contributed by atoms with van der Waals surface area (Å²) in [4.78, 5) is 13.7. The Kier molecular flexibility index (Phi) is 4.43. The zero-order chi connectivity index (χ0) is 11.4. The summed E-state index contributed by atoms with van der Waals surface area (Å²) in [6.07, 6.45) is 0. The van der Waals surface area contributed by atoms with E-state index in [0.29, 0.717) is 28.7 Å². The lowest BCUT2D eigenvalue weighted by molar-refractivity contribution is 0.0773. The molecule has 0 atom stereocenters. The number of rotatable bonds is 3. The third-order valence-corrected chi connectivity index (χ3v) is 2.77.